The van der Waals surface area contributed by atoms with Crippen LogP contribution in [0.4, 0.5) is 0 Å². The van der Waals surface area contributed by atoms with Gasteiger partial charge in [0.15, 0.2) is 5.82 Å². The van der Waals surface area contributed by atoms with E-state index in [2.05, 4.69) is 4.98 Å². The van der Waals surface area contributed by atoms with Gasteiger partial charge in [0.05, 0.1) is 5.69 Å². The fourth-order valence-electron chi connectivity index (χ4n) is 3.41. The van der Waals surface area contributed by atoms with Crippen LogP contribution in [0.25, 0.3) is 11.4 Å². The summed E-state index contributed by atoms with van der Waals surface area (Å²) < 4.78 is 5.83. The summed E-state index contributed by atoms with van der Waals surface area (Å²) in [7, 11) is 0. The van der Waals surface area contributed by atoms with E-state index >= 15 is 0 Å². The average Bonchev–Trinajstić information content (AvgIpc) is 2.78. The second-order valence-corrected chi connectivity index (χ2v) is 7.78. The van der Waals surface area contributed by atoms with Gasteiger partial charge in [-0.2, -0.15) is 0 Å². The molecule has 0 fully saturated rings. The van der Waals surface area contributed by atoms with Crippen molar-refractivity contribution in [3.05, 3.63) is 76.6 Å². The first kappa shape index (κ1) is 20.3. The van der Waals surface area contributed by atoms with Crippen molar-refractivity contribution in [1.82, 2.24) is 14.9 Å². The highest BCUT2D eigenvalue weighted by atomic mass is 35.5. The molecule has 0 radical (unpaired) electrons. The number of rotatable bonds is 6. The SMILES string of the molecule is CC(C(=O)O)N1CCc2nc(-c3ccc(OCc4ccc(Cl)cc4)cc3)ncc2C1. The monoisotopic (exact) mass is 423 g/mol. The summed E-state index contributed by atoms with van der Waals surface area (Å²) >= 11 is 5.90. The molecule has 30 heavy (non-hydrogen) atoms. The molecule has 1 atom stereocenters. The lowest BCUT2D eigenvalue weighted by Crippen LogP contribution is -2.42. The van der Waals surface area contributed by atoms with Crippen molar-refractivity contribution >= 4 is 17.6 Å². The van der Waals surface area contributed by atoms with E-state index in [9.17, 15) is 9.90 Å². The molecule has 0 amide bonds. The van der Waals surface area contributed by atoms with Gasteiger partial charge in [-0.1, -0.05) is 23.7 Å². The normalized spacial score (nSPS) is 14.7. The van der Waals surface area contributed by atoms with E-state index in [-0.39, 0.29) is 0 Å². The number of benzene rings is 2. The minimum Gasteiger partial charge on any atom is -0.489 e. The van der Waals surface area contributed by atoms with Gasteiger partial charge in [-0.05, 0) is 48.9 Å². The Balaban J connectivity index is 1.42. The Morgan fingerprint density at radius 2 is 1.93 bits per heavy atom. The highest BCUT2D eigenvalue weighted by Gasteiger charge is 2.26. The Labute approximate surface area is 180 Å². The number of fused-ring (bicyclic) bond motifs is 1. The van der Waals surface area contributed by atoms with Crippen molar-refractivity contribution in [2.45, 2.75) is 32.5 Å². The summed E-state index contributed by atoms with van der Waals surface area (Å²) in [5.74, 6) is 0.622. The molecule has 154 valence electrons. The van der Waals surface area contributed by atoms with Crippen LogP contribution in [0.2, 0.25) is 5.02 Å². The molecule has 4 rings (SSSR count). The first-order chi connectivity index (χ1) is 14.5. The Morgan fingerprint density at radius 3 is 2.63 bits per heavy atom. The van der Waals surface area contributed by atoms with Crippen LogP contribution in [0.15, 0.2) is 54.7 Å². The van der Waals surface area contributed by atoms with Gasteiger partial charge in [0.1, 0.15) is 18.4 Å². The lowest BCUT2D eigenvalue weighted by atomic mass is 10.0. The van der Waals surface area contributed by atoms with E-state index in [1.807, 2.05) is 59.6 Å². The maximum absolute atomic E-state index is 11.2. The molecule has 3 aromatic rings. The molecule has 0 spiro atoms. The molecule has 1 aliphatic heterocycles. The van der Waals surface area contributed by atoms with E-state index in [0.717, 1.165) is 28.1 Å². The molecule has 0 aliphatic carbocycles. The molecular formula is C23H22ClN3O3. The van der Waals surface area contributed by atoms with Crippen molar-refractivity contribution < 1.29 is 14.6 Å². The minimum absolute atomic E-state index is 0.469. The van der Waals surface area contributed by atoms with Gasteiger partial charge in [0, 0.05) is 41.9 Å². The molecule has 1 aromatic heterocycles. The van der Waals surface area contributed by atoms with Crippen LogP contribution in [0.1, 0.15) is 23.7 Å². The number of ether oxygens (including phenoxy) is 1. The summed E-state index contributed by atoms with van der Waals surface area (Å²) in [5, 5.41) is 9.93. The lowest BCUT2D eigenvalue weighted by Gasteiger charge is -2.30. The molecule has 1 unspecified atom stereocenters. The third kappa shape index (κ3) is 4.61. The van der Waals surface area contributed by atoms with Crippen LogP contribution in [0.3, 0.4) is 0 Å². The zero-order valence-electron chi connectivity index (χ0n) is 16.6. The number of nitrogens with zero attached hydrogens (tertiary/aromatic N) is 3. The number of hydrogen-bond donors (Lipinski definition) is 1. The number of carboxylic acid groups (broad SMARTS) is 1. The molecule has 7 heteroatoms. The summed E-state index contributed by atoms with van der Waals surface area (Å²) in [4.78, 5) is 22.4. The van der Waals surface area contributed by atoms with Crippen LogP contribution in [0, 0.1) is 0 Å². The second kappa shape index (κ2) is 8.81. The molecule has 6 nitrogen and oxygen atoms in total. The fraction of sp³-hybridized carbons (Fsp3) is 0.261. The van der Waals surface area contributed by atoms with Gasteiger partial charge in [-0.15, -0.1) is 0 Å². The predicted octanol–water partition coefficient (Wildman–Crippen LogP) is 4.21. The van der Waals surface area contributed by atoms with Crippen molar-refractivity contribution in [3.63, 3.8) is 0 Å². The van der Waals surface area contributed by atoms with E-state index in [0.29, 0.717) is 37.0 Å². The number of carbonyl (C=O) groups is 1. The van der Waals surface area contributed by atoms with Gasteiger partial charge < -0.3 is 9.84 Å². The molecule has 1 aliphatic rings. The summed E-state index contributed by atoms with van der Waals surface area (Å²) in [6, 6.07) is 14.8. The molecule has 0 saturated carbocycles. The van der Waals surface area contributed by atoms with E-state index in [1.165, 1.54) is 0 Å². The molecule has 0 saturated heterocycles. The summed E-state index contributed by atoms with van der Waals surface area (Å²) in [6.07, 6.45) is 2.52. The Kier molecular flexibility index (Phi) is 5.97. The topological polar surface area (TPSA) is 75.5 Å². The van der Waals surface area contributed by atoms with E-state index < -0.39 is 12.0 Å². The van der Waals surface area contributed by atoms with E-state index in [1.54, 1.807) is 6.92 Å². The standard InChI is InChI=1S/C23H22ClN3O3/c1-15(23(28)29)27-11-10-21-18(13-27)12-25-22(26-21)17-4-8-20(9-5-17)30-14-16-2-6-19(24)7-3-16/h2-9,12,15H,10-11,13-14H2,1H3,(H,28,29). The van der Waals surface area contributed by atoms with Crippen molar-refractivity contribution in [2.75, 3.05) is 6.54 Å². The quantitative estimate of drug-likeness (QED) is 0.640. The van der Waals surface area contributed by atoms with Crippen LogP contribution < -0.4 is 4.74 Å². The average molecular weight is 424 g/mol. The zero-order valence-corrected chi connectivity index (χ0v) is 17.3. The second-order valence-electron chi connectivity index (χ2n) is 7.34. The number of halogens is 1. The molecular weight excluding hydrogens is 402 g/mol. The maximum Gasteiger partial charge on any atom is 0.320 e. The number of carboxylic acids is 1. The third-order valence-electron chi connectivity index (χ3n) is 5.30. The van der Waals surface area contributed by atoms with Crippen molar-refractivity contribution in [3.8, 4) is 17.1 Å². The fourth-order valence-corrected chi connectivity index (χ4v) is 3.54. The molecule has 0 bridgehead atoms. The molecule has 1 N–H and O–H groups in total. The van der Waals surface area contributed by atoms with Gasteiger partial charge in [-0.25, -0.2) is 9.97 Å². The first-order valence-corrected chi connectivity index (χ1v) is 10.2. The zero-order chi connectivity index (χ0) is 21.1. The van der Waals surface area contributed by atoms with Crippen LogP contribution >= 0.6 is 11.6 Å². The first-order valence-electron chi connectivity index (χ1n) is 9.79. The Morgan fingerprint density at radius 1 is 1.20 bits per heavy atom. The summed E-state index contributed by atoms with van der Waals surface area (Å²) in [5.41, 5.74) is 3.93. The van der Waals surface area contributed by atoms with Crippen LogP contribution in [0.5, 0.6) is 5.75 Å². The van der Waals surface area contributed by atoms with Crippen molar-refractivity contribution in [2.24, 2.45) is 0 Å². The van der Waals surface area contributed by atoms with Gasteiger partial charge in [0.25, 0.3) is 0 Å². The largest absolute Gasteiger partial charge is 0.489 e. The van der Waals surface area contributed by atoms with Gasteiger partial charge >= 0.3 is 5.97 Å². The minimum atomic E-state index is -0.811. The van der Waals surface area contributed by atoms with Crippen LogP contribution in [-0.4, -0.2) is 38.5 Å². The smallest absolute Gasteiger partial charge is 0.320 e. The Hall–Kier alpha value is -2.96. The van der Waals surface area contributed by atoms with Gasteiger partial charge in [0.2, 0.25) is 0 Å². The third-order valence-corrected chi connectivity index (χ3v) is 5.55. The Bertz CT molecular complexity index is 1040. The maximum atomic E-state index is 11.2. The van der Waals surface area contributed by atoms with Crippen molar-refractivity contribution in [1.29, 1.82) is 0 Å². The lowest BCUT2D eigenvalue weighted by molar-refractivity contribution is -0.143. The molecule has 2 aromatic carbocycles. The molecule has 2 heterocycles. The number of aliphatic carboxylic acids is 1. The number of hydrogen-bond acceptors (Lipinski definition) is 5. The number of aromatic nitrogens is 2. The highest BCUT2D eigenvalue weighted by molar-refractivity contribution is 6.30. The highest BCUT2D eigenvalue weighted by Crippen LogP contribution is 2.24. The summed E-state index contributed by atoms with van der Waals surface area (Å²) in [6.45, 7) is 3.41. The van der Waals surface area contributed by atoms with Gasteiger partial charge in [-0.3, -0.25) is 9.69 Å². The predicted molar refractivity (Wildman–Crippen MR) is 114 cm³/mol. The van der Waals surface area contributed by atoms with E-state index in [4.69, 9.17) is 21.3 Å². The van der Waals surface area contributed by atoms with Crippen LogP contribution in [-0.2, 0) is 24.4 Å².